The van der Waals surface area contributed by atoms with Crippen LogP contribution in [0.25, 0.3) is 44.5 Å². The molecule has 4 fully saturated rings. The largest absolute Gasteiger partial charge is 0.310 e. The molecule has 0 unspecified atom stereocenters. The summed E-state index contributed by atoms with van der Waals surface area (Å²) in [6.45, 7) is 2.23. The van der Waals surface area contributed by atoms with Gasteiger partial charge in [-0.25, -0.2) is 0 Å². The Hall–Kier alpha value is -7.22. The first-order valence-electron chi connectivity index (χ1n) is 24.7. The van der Waals surface area contributed by atoms with Crippen molar-refractivity contribution in [2.45, 2.75) is 56.3 Å². The molecule has 9 aromatic carbocycles. The third kappa shape index (κ3) is 6.57. The Morgan fingerprint density at radius 1 is 0.343 bits per heavy atom. The standard InChI is InChI=1S/C66H55N/c1-45-25-35-61-62-36-34-56(41-64(62)66(63(61)37-45,52-17-7-3-8-18-52)53-19-9-4-10-20-53)67(55-32-28-51(29-33-55)65-42-46-38-47(43-65)40-48(39-46)44-65)54-30-26-50(27-31-54)58-22-12-14-24-60(58)59-23-13-11-21-57(59)49-15-5-2-6-16-49/h2-37,41,46-48H,38-40,42-44H2,1H3. The molecule has 5 aliphatic carbocycles. The second-order valence-corrected chi connectivity index (χ2v) is 20.3. The highest BCUT2D eigenvalue weighted by molar-refractivity contribution is 5.93. The molecule has 67 heavy (non-hydrogen) atoms. The predicted octanol–water partition coefficient (Wildman–Crippen LogP) is 17.3. The van der Waals surface area contributed by atoms with Crippen molar-refractivity contribution in [3.63, 3.8) is 0 Å². The van der Waals surface area contributed by atoms with Gasteiger partial charge in [-0.2, -0.15) is 0 Å². The van der Waals surface area contributed by atoms with Crippen molar-refractivity contribution in [3.8, 4) is 44.5 Å². The maximum atomic E-state index is 2.52. The fraction of sp³-hybridized carbons (Fsp3) is 0.182. The summed E-state index contributed by atoms with van der Waals surface area (Å²) < 4.78 is 0. The zero-order valence-corrected chi connectivity index (χ0v) is 38.3. The summed E-state index contributed by atoms with van der Waals surface area (Å²) in [6, 6.07) is 84.5. The van der Waals surface area contributed by atoms with Crippen LogP contribution in [-0.2, 0) is 10.8 Å². The Labute approximate surface area is 396 Å². The van der Waals surface area contributed by atoms with Crippen molar-refractivity contribution < 1.29 is 0 Å². The summed E-state index contributed by atoms with van der Waals surface area (Å²) in [5.74, 6) is 2.73. The van der Waals surface area contributed by atoms with Crippen molar-refractivity contribution in [1.29, 1.82) is 0 Å². The van der Waals surface area contributed by atoms with Crippen molar-refractivity contribution in [2.75, 3.05) is 4.90 Å². The Bertz CT molecular complexity index is 3180. The molecule has 5 aliphatic rings. The summed E-state index contributed by atoms with van der Waals surface area (Å²) in [5, 5.41) is 0. The minimum Gasteiger partial charge on any atom is -0.310 e. The van der Waals surface area contributed by atoms with Crippen molar-refractivity contribution in [2.24, 2.45) is 17.8 Å². The highest BCUT2D eigenvalue weighted by Crippen LogP contribution is 2.61. The molecule has 14 rings (SSSR count). The second kappa shape index (κ2) is 16.0. The van der Waals surface area contributed by atoms with E-state index in [0.717, 1.165) is 29.1 Å². The van der Waals surface area contributed by atoms with E-state index in [1.807, 2.05) is 0 Å². The summed E-state index contributed by atoms with van der Waals surface area (Å²) in [7, 11) is 0. The van der Waals surface area contributed by atoms with Crippen LogP contribution in [-0.4, -0.2) is 0 Å². The highest BCUT2D eigenvalue weighted by Gasteiger charge is 2.52. The first-order chi connectivity index (χ1) is 33.0. The molecular weight excluding hydrogens is 807 g/mol. The fourth-order valence-corrected chi connectivity index (χ4v) is 14.0. The summed E-state index contributed by atoms with van der Waals surface area (Å²) in [6.07, 6.45) is 8.48. The van der Waals surface area contributed by atoms with Crippen LogP contribution in [0.3, 0.4) is 0 Å². The number of fused-ring (bicyclic) bond motifs is 3. The molecule has 0 atom stereocenters. The van der Waals surface area contributed by atoms with Crippen molar-refractivity contribution >= 4 is 17.1 Å². The number of benzene rings is 9. The molecule has 1 nitrogen and oxygen atoms in total. The van der Waals surface area contributed by atoms with Crippen LogP contribution in [0, 0.1) is 24.7 Å². The smallest absolute Gasteiger partial charge is 0.0714 e. The molecule has 0 saturated heterocycles. The van der Waals surface area contributed by atoms with E-state index in [1.165, 1.54) is 117 Å². The average Bonchev–Trinajstić information content (AvgIpc) is 3.66. The molecule has 324 valence electrons. The van der Waals surface area contributed by atoms with E-state index in [-0.39, 0.29) is 0 Å². The zero-order valence-electron chi connectivity index (χ0n) is 38.3. The quantitative estimate of drug-likeness (QED) is 0.140. The Balaban J connectivity index is 0.967. The number of anilines is 3. The van der Waals surface area contributed by atoms with E-state index < -0.39 is 5.41 Å². The Kier molecular flexibility index (Phi) is 9.57. The fourth-order valence-electron chi connectivity index (χ4n) is 14.0. The lowest BCUT2D eigenvalue weighted by molar-refractivity contribution is -0.00518. The van der Waals surface area contributed by atoms with Crippen LogP contribution in [0.5, 0.6) is 0 Å². The molecule has 0 heterocycles. The number of nitrogens with zero attached hydrogens (tertiary/aromatic N) is 1. The van der Waals surface area contributed by atoms with Gasteiger partial charge >= 0.3 is 0 Å². The molecule has 4 saturated carbocycles. The first-order valence-corrected chi connectivity index (χ1v) is 24.7. The number of hydrogen-bond acceptors (Lipinski definition) is 1. The lowest BCUT2D eigenvalue weighted by atomic mass is 9.48. The van der Waals surface area contributed by atoms with Crippen molar-refractivity contribution in [1.82, 2.24) is 0 Å². The van der Waals surface area contributed by atoms with Gasteiger partial charge in [-0.1, -0.05) is 194 Å². The number of aryl methyl sites for hydroxylation is 1. The molecule has 9 aromatic rings. The summed E-state index contributed by atoms with van der Waals surface area (Å²) in [5.41, 5.74) is 21.4. The van der Waals surface area contributed by atoms with Gasteiger partial charge in [0.1, 0.15) is 0 Å². The third-order valence-electron chi connectivity index (χ3n) is 16.4. The van der Waals surface area contributed by atoms with Gasteiger partial charge in [0.15, 0.2) is 0 Å². The van der Waals surface area contributed by atoms with Crippen LogP contribution in [0.2, 0.25) is 0 Å². The molecule has 0 aromatic heterocycles. The first kappa shape index (κ1) is 40.1. The van der Waals surface area contributed by atoms with Crippen LogP contribution in [0.15, 0.2) is 224 Å². The normalized spacial score (nSPS) is 20.6. The van der Waals surface area contributed by atoms with Gasteiger partial charge in [0, 0.05) is 17.1 Å². The Morgan fingerprint density at radius 3 is 1.30 bits per heavy atom. The van der Waals surface area contributed by atoms with E-state index in [1.54, 1.807) is 5.56 Å². The summed E-state index contributed by atoms with van der Waals surface area (Å²) in [4.78, 5) is 2.51. The molecule has 0 amide bonds. The average molecular weight is 862 g/mol. The van der Waals surface area contributed by atoms with Gasteiger partial charge in [0.25, 0.3) is 0 Å². The lowest BCUT2D eigenvalue weighted by Gasteiger charge is -2.57. The van der Waals surface area contributed by atoms with Gasteiger partial charge < -0.3 is 4.90 Å². The maximum absolute atomic E-state index is 2.52. The molecular formula is C66H55N. The summed E-state index contributed by atoms with van der Waals surface area (Å²) >= 11 is 0. The van der Waals surface area contributed by atoms with Crippen LogP contribution >= 0.6 is 0 Å². The van der Waals surface area contributed by atoms with Crippen molar-refractivity contribution in [3.05, 3.63) is 258 Å². The SMILES string of the molecule is Cc1ccc2c(c1)C(c1ccccc1)(c1ccccc1)c1cc(N(c3ccc(-c4ccccc4-c4ccccc4-c4ccccc4)cc3)c3ccc(C45CC6CC(CC(C6)C4)C5)cc3)ccc1-2. The van der Waals surface area contributed by atoms with Crippen LogP contribution in [0.1, 0.15) is 71.9 Å². The molecule has 0 spiro atoms. The predicted molar refractivity (Wildman–Crippen MR) is 279 cm³/mol. The lowest BCUT2D eigenvalue weighted by Crippen LogP contribution is -2.48. The van der Waals surface area contributed by atoms with Gasteiger partial charge in [-0.15, -0.1) is 0 Å². The molecule has 1 heteroatoms. The van der Waals surface area contributed by atoms with E-state index in [0.29, 0.717) is 5.41 Å². The van der Waals surface area contributed by atoms with E-state index in [9.17, 15) is 0 Å². The Morgan fingerprint density at radius 2 is 0.761 bits per heavy atom. The second-order valence-electron chi connectivity index (χ2n) is 20.3. The molecule has 0 aliphatic heterocycles. The zero-order chi connectivity index (χ0) is 44.5. The van der Waals surface area contributed by atoms with Gasteiger partial charge in [0.2, 0.25) is 0 Å². The molecule has 4 bridgehead atoms. The number of rotatable bonds is 9. The monoisotopic (exact) mass is 861 g/mol. The van der Waals surface area contributed by atoms with Gasteiger partial charge in [-0.05, 0) is 177 Å². The molecule has 0 N–H and O–H groups in total. The minimum absolute atomic E-state index is 0.342. The van der Waals surface area contributed by atoms with Crippen LogP contribution < -0.4 is 4.90 Å². The molecule has 0 radical (unpaired) electrons. The topological polar surface area (TPSA) is 3.24 Å². The van der Waals surface area contributed by atoms with Gasteiger partial charge in [-0.3, -0.25) is 0 Å². The van der Waals surface area contributed by atoms with Gasteiger partial charge in [0.05, 0.1) is 5.41 Å². The highest BCUT2D eigenvalue weighted by atomic mass is 15.1. The van der Waals surface area contributed by atoms with E-state index >= 15 is 0 Å². The van der Waals surface area contributed by atoms with E-state index in [4.69, 9.17) is 0 Å². The number of hydrogen-bond donors (Lipinski definition) is 0. The van der Waals surface area contributed by atoms with Crippen LogP contribution in [0.4, 0.5) is 17.1 Å². The minimum atomic E-state index is -0.493. The van der Waals surface area contributed by atoms with E-state index in [2.05, 4.69) is 236 Å². The maximum Gasteiger partial charge on any atom is 0.0714 e. The third-order valence-corrected chi connectivity index (χ3v) is 16.4.